The number of primary amides is 1. The topological polar surface area (TPSA) is 97.9 Å². The number of aryl methyl sites for hydroxylation is 1. The van der Waals surface area contributed by atoms with Crippen LogP contribution in [0.2, 0.25) is 0 Å². The number of benzene rings is 1. The minimum Gasteiger partial charge on any atom is -0.351 e. The number of nitrogens with one attached hydrogen (secondary N) is 2. The highest BCUT2D eigenvalue weighted by molar-refractivity contribution is 5.87. The summed E-state index contributed by atoms with van der Waals surface area (Å²) < 4.78 is 1.70. The number of urea groups is 1. The van der Waals surface area contributed by atoms with Gasteiger partial charge in [-0.1, -0.05) is 12.1 Å². The number of carbonyl (C=O) groups is 1. The van der Waals surface area contributed by atoms with Crippen molar-refractivity contribution in [2.24, 2.45) is 12.8 Å². The summed E-state index contributed by atoms with van der Waals surface area (Å²) in [7, 11) is 1.86. The number of anilines is 1. The molecule has 1 aromatic carbocycles. The van der Waals surface area contributed by atoms with Gasteiger partial charge in [0.25, 0.3) is 0 Å². The molecule has 0 bridgehead atoms. The van der Waals surface area contributed by atoms with Crippen LogP contribution in [0.1, 0.15) is 24.4 Å². The van der Waals surface area contributed by atoms with Crippen molar-refractivity contribution in [2.75, 3.05) is 11.9 Å². The Morgan fingerprint density at radius 2 is 2.10 bits per heavy atom. The highest BCUT2D eigenvalue weighted by Gasteiger charge is 2.06. The van der Waals surface area contributed by atoms with Crippen LogP contribution in [0.5, 0.6) is 0 Å². The summed E-state index contributed by atoms with van der Waals surface area (Å²) in [5, 5.41) is 10.2. The molecule has 2 rings (SSSR count). The van der Waals surface area contributed by atoms with E-state index in [0.29, 0.717) is 5.69 Å². The predicted molar refractivity (Wildman–Crippen MR) is 80.8 cm³/mol. The van der Waals surface area contributed by atoms with Gasteiger partial charge in [-0.25, -0.2) is 9.78 Å². The monoisotopic (exact) mass is 288 g/mol. The molecule has 2 aromatic rings. The average molecular weight is 288 g/mol. The summed E-state index contributed by atoms with van der Waals surface area (Å²) in [4.78, 5) is 14.9. The summed E-state index contributed by atoms with van der Waals surface area (Å²) in [6, 6.07) is 7.23. The number of nitrogens with zero attached hydrogens (tertiary/aromatic N) is 3. The van der Waals surface area contributed by atoms with Gasteiger partial charge in [0.15, 0.2) is 5.82 Å². The third-order valence-electron chi connectivity index (χ3n) is 3.12. The molecule has 112 valence electrons. The maximum Gasteiger partial charge on any atom is 0.316 e. The molecule has 1 aromatic heterocycles. The first kappa shape index (κ1) is 15.0. The molecule has 0 aliphatic rings. The Morgan fingerprint density at radius 1 is 1.38 bits per heavy atom. The standard InChI is InChI=1S/C14H20N6O/c1-10(16-8-7-13-17-9-20(2)19-13)11-3-5-12(6-4-11)18-14(15)21/h3-6,9-10,16H,7-8H2,1-2H3,(H3,15,18,21). The zero-order chi connectivity index (χ0) is 15.2. The molecule has 2 amide bonds. The number of hydrogen-bond donors (Lipinski definition) is 3. The molecule has 0 fully saturated rings. The molecule has 7 nitrogen and oxygen atoms in total. The minimum absolute atomic E-state index is 0.205. The molecule has 7 heteroatoms. The van der Waals surface area contributed by atoms with Crippen molar-refractivity contribution in [1.82, 2.24) is 20.1 Å². The van der Waals surface area contributed by atoms with Crippen LogP contribution < -0.4 is 16.4 Å². The van der Waals surface area contributed by atoms with E-state index < -0.39 is 6.03 Å². The normalized spacial score (nSPS) is 12.1. The van der Waals surface area contributed by atoms with Crippen LogP contribution in [0, 0.1) is 0 Å². The van der Waals surface area contributed by atoms with Crippen molar-refractivity contribution in [2.45, 2.75) is 19.4 Å². The van der Waals surface area contributed by atoms with Gasteiger partial charge in [0.2, 0.25) is 0 Å². The van der Waals surface area contributed by atoms with E-state index in [-0.39, 0.29) is 6.04 Å². The van der Waals surface area contributed by atoms with Crippen molar-refractivity contribution in [3.8, 4) is 0 Å². The second kappa shape index (κ2) is 6.85. The molecule has 0 spiro atoms. The Labute approximate surface area is 123 Å². The quantitative estimate of drug-likeness (QED) is 0.744. The van der Waals surface area contributed by atoms with Crippen LogP contribution in [0.4, 0.5) is 10.5 Å². The lowest BCUT2D eigenvalue weighted by molar-refractivity contribution is 0.259. The molecule has 4 N–H and O–H groups in total. The SMILES string of the molecule is CC(NCCc1ncn(C)n1)c1ccc(NC(N)=O)cc1. The van der Waals surface area contributed by atoms with E-state index in [4.69, 9.17) is 5.73 Å². The van der Waals surface area contributed by atoms with Gasteiger partial charge in [0.05, 0.1) is 0 Å². The molecule has 1 atom stereocenters. The second-order valence-corrected chi connectivity index (χ2v) is 4.87. The summed E-state index contributed by atoms with van der Waals surface area (Å²) in [5.41, 5.74) is 6.90. The third kappa shape index (κ3) is 4.57. The average Bonchev–Trinajstić information content (AvgIpc) is 2.84. The highest BCUT2D eigenvalue weighted by Crippen LogP contribution is 2.15. The summed E-state index contributed by atoms with van der Waals surface area (Å²) in [5.74, 6) is 0.832. The number of hydrogen-bond acceptors (Lipinski definition) is 4. The molecule has 0 radical (unpaired) electrons. The number of nitrogens with two attached hydrogens (primary N) is 1. The van der Waals surface area contributed by atoms with Crippen LogP contribution in [0.3, 0.4) is 0 Å². The zero-order valence-electron chi connectivity index (χ0n) is 12.2. The zero-order valence-corrected chi connectivity index (χ0v) is 12.2. The Balaban J connectivity index is 1.82. The van der Waals surface area contributed by atoms with Crippen LogP contribution >= 0.6 is 0 Å². The lowest BCUT2D eigenvalue weighted by Gasteiger charge is -2.14. The second-order valence-electron chi connectivity index (χ2n) is 4.87. The molecule has 1 unspecified atom stereocenters. The highest BCUT2D eigenvalue weighted by atomic mass is 16.2. The van der Waals surface area contributed by atoms with Gasteiger partial charge in [-0.05, 0) is 24.6 Å². The van der Waals surface area contributed by atoms with E-state index in [1.807, 2.05) is 31.3 Å². The van der Waals surface area contributed by atoms with E-state index in [2.05, 4.69) is 27.6 Å². The van der Waals surface area contributed by atoms with Gasteiger partial charge in [-0.2, -0.15) is 5.10 Å². The van der Waals surface area contributed by atoms with Crippen molar-refractivity contribution in [3.63, 3.8) is 0 Å². The van der Waals surface area contributed by atoms with E-state index in [1.54, 1.807) is 11.0 Å². The molecule has 0 saturated heterocycles. The van der Waals surface area contributed by atoms with Crippen LogP contribution in [0.25, 0.3) is 0 Å². The van der Waals surface area contributed by atoms with Crippen molar-refractivity contribution >= 4 is 11.7 Å². The maximum absolute atomic E-state index is 10.8. The fraction of sp³-hybridized carbons (Fsp3) is 0.357. The fourth-order valence-corrected chi connectivity index (χ4v) is 2.01. The maximum atomic E-state index is 10.8. The van der Waals surface area contributed by atoms with Gasteiger partial charge >= 0.3 is 6.03 Å². The van der Waals surface area contributed by atoms with Crippen LogP contribution in [0.15, 0.2) is 30.6 Å². The Hall–Kier alpha value is -2.41. The molecule has 21 heavy (non-hydrogen) atoms. The van der Waals surface area contributed by atoms with E-state index in [9.17, 15) is 4.79 Å². The number of aromatic nitrogens is 3. The van der Waals surface area contributed by atoms with Crippen molar-refractivity contribution in [1.29, 1.82) is 0 Å². The molecule has 1 heterocycles. The Bertz CT molecular complexity index is 592. The fourth-order valence-electron chi connectivity index (χ4n) is 2.01. The molecular formula is C14H20N6O. The van der Waals surface area contributed by atoms with E-state index >= 15 is 0 Å². The van der Waals surface area contributed by atoms with Gasteiger partial charge in [-0.3, -0.25) is 4.68 Å². The first-order valence-corrected chi connectivity index (χ1v) is 6.79. The summed E-state index contributed by atoms with van der Waals surface area (Å²) in [6.45, 7) is 2.88. The summed E-state index contributed by atoms with van der Waals surface area (Å²) >= 11 is 0. The predicted octanol–water partition coefficient (Wildman–Crippen LogP) is 1.20. The van der Waals surface area contributed by atoms with Crippen molar-refractivity contribution in [3.05, 3.63) is 42.0 Å². The van der Waals surface area contributed by atoms with E-state index in [1.165, 1.54) is 0 Å². The van der Waals surface area contributed by atoms with Gasteiger partial charge in [0, 0.05) is 31.7 Å². The number of amides is 2. The largest absolute Gasteiger partial charge is 0.351 e. The van der Waals surface area contributed by atoms with Crippen LogP contribution in [-0.2, 0) is 13.5 Å². The van der Waals surface area contributed by atoms with Gasteiger partial charge in [-0.15, -0.1) is 0 Å². The smallest absolute Gasteiger partial charge is 0.316 e. The van der Waals surface area contributed by atoms with E-state index in [0.717, 1.165) is 24.4 Å². The van der Waals surface area contributed by atoms with Gasteiger partial charge in [0.1, 0.15) is 6.33 Å². The van der Waals surface area contributed by atoms with Crippen LogP contribution in [-0.4, -0.2) is 27.3 Å². The molecular weight excluding hydrogens is 268 g/mol. The van der Waals surface area contributed by atoms with Crippen molar-refractivity contribution < 1.29 is 4.79 Å². The lowest BCUT2D eigenvalue weighted by Crippen LogP contribution is -2.22. The Kier molecular flexibility index (Phi) is 4.89. The first-order valence-electron chi connectivity index (χ1n) is 6.79. The third-order valence-corrected chi connectivity index (χ3v) is 3.12. The number of rotatable bonds is 6. The molecule has 0 aliphatic heterocycles. The lowest BCUT2D eigenvalue weighted by atomic mass is 10.1. The number of carbonyl (C=O) groups excluding carboxylic acids is 1. The first-order chi connectivity index (χ1) is 10.0. The molecule has 0 aliphatic carbocycles. The van der Waals surface area contributed by atoms with Gasteiger partial charge < -0.3 is 16.4 Å². The minimum atomic E-state index is -0.559. The molecule has 0 saturated carbocycles. The summed E-state index contributed by atoms with van der Waals surface area (Å²) in [6.07, 6.45) is 2.48. The Morgan fingerprint density at radius 3 is 2.67 bits per heavy atom.